The first-order valence-corrected chi connectivity index (χ1v) is 10.6. The third-order valence-corrected chi connectivity index (χ3v) is 5.83. The van der Waals surface area contributed by atoms with E-state index in [1.807, 2.05) is 31.2 Å². The number of Topliss-reactive ketones (excluding diaryl/α,β-unsaturated/α-hetero) is 1. The number of esters is 1. The van der Waals surface area contributed by atoms with Crippen LogP contribution in [0.3, 0.4) is 0 Å². The Labute approximate surface area is 181 Å². The van der Waals surface area contributed by atoms with Crippen LogP contribution < -0.4 is 9.47 Å². The molecule has 1 aliphatic heterocycles. The number of aryl methyl sites for hydroxylation is 1. The molecular formula is C25H26O6. The standard InChI is InChI=1S/C25H26O6/c1-3-16-7-4-5-10-21(16)31-23-15-29-22-14-19(11-12-20(22)24(23)26)30-25(27)17-8-6-9-18(13-17)28-2/h4-10,13,15,19-20,22H,3,11-12,14H2,1-2H3. The van der Waals surface area contributed by atoms with Gasteiger partial charge in [-0.3, -0.25) is 4.79 Å². The van der Waals surface area contributed by atoms with E-state index in [-0.39, 0.29) is 29.7 Å². The zero-order chi connectivity index (χ0) is 21.8. The second-order valence-corrected chi connectivity index (χ2v) is 7.76. The van der Waals surface area contributed by atoms with Crippen molar-refractivity contribution in [1.82, 2.24) is 0 Å². The van der Waals surface area contributed by atoms with Crippen LogP contribution in [-0.2, 0) is 20.7 Å². The summed E-state index contributed by atoms with van der Waals surface area (Å²) >= 11 is 0. The number of methoxy groups -OCH3 is 1. The van der Waals surface area contributed by atoms with Crippen LogP contribution in [-0.4, -0.2) is 31.1 Å². The van der Waals surface area contributed by atoms with E-state index in [4.69, 9.17) is 18.9 Å². The van der Waals surface area contributed by atoms with Gasteiger partial charge in [-0.15, -0.1) is 0 Å². The fraction of sp³-hybridized carbons (Fsp3) is 0.360. The molecule has 6 nitrogen and oxygen atoms in total. The quantitative estimate of drug-likeness (QED) is 0.640. The molecule has 0 spiro atoms. The highest BCUT2D eigenvalue weighted by Crippen LogP contribution is 2.36. The number of allylic oxidation sites excluding steroid dienone is 1. The van der Waals surface area contributed by atoms with Crippen molar-refractivity contribution < 1.29 is 28.5 Å². The van der Waals surface area contributed by atoms with E-state index in [1.54, 1.807) is 31.4 Å². The summed E-state index contributed by atoms with van der Waals surface area (Å²) in [6.07, 6.45) is 3.25. The van der Waals surface area contributed by atoms with Crippen molar-refractivity contribution in [3.63, 3.8) is 0 Å². The molecule has 0 bridgehead atoms. The normalized spacial score (nSPS) is 22.6. The first kappa shape index (κ1) is 21.0. The summed E-state index contributed by atoms with van der Waals surface area (Å²) in [7, 11) is 1.55. The molecule has 0 radical (unpaired) electrons. The highest BCUT2D eigenvalue weighted by atomic mass is 16.6. The minimum Gasteiger partial charge on any atom is -0.497 e. The zero-order valence-corrected chi connectivity index (χ0v) is 17.7. The summed E-state index contributed by atoms with van der Waals surface area (Å²) in [6, 6.07) is 14.5. The Hall–Kier alpha value is -3.28. The monoisotopic (exact) mass is 422 g/mol. The molecule has 0 N–H and O–H groups in total. The summed E-state index contributed by atoms with van der Waals surface area (Å²) in [5.74, 6) is 0.753. The van der Waals surface area contributed by atoms with Crippen LogP contribution in [0.5, 0.6) is 11.5 Å². The molecule has 6 heteroatoms. The van der Waals surface area contributed by atoms with Gasteiger partial charge in [0.2, 0.25) is 11.5 Å². The molecule has 3 unspecified atom stereocenters. The lowest BCUT2D eigenvalue weighted by molar-refractivity contribution is -0.132. The lowest BCUT2D eigenvalue weighted by Crippen LogP contribution is -2.43. The molecule has 1 aliphatic carbocycles. The fourth-order valence-corrected chi connectivity index (χ4v) is 4.10. The summed E-state index contributed by atoms with van der Waals surface area (Å²) in [5.41, 5.74) is 1.47. The molecule has 2 aromatic rings. The molecular weight excluding hydrogens is 396 g/mol. The summed E-state index contributed by atoms with van der Waals surface area (Å²) in [4.78, 5) is 25.5. The molecule has 2 aromatic carbocycles. The Balaban J connectivity index is 1.39. The third kappa shape index (κ3) is 4.58. The highest BCUT2D eigenvalue weighted by molar-refractivity contribution is 5.96. The Morgan fingerprint density at radius 2 is 1.97 bits per heavy atom. The van der Waals surface area contributed by atoms with Crippen molar-refractivity contribution in [3.05, 3.63) is 71.7 Å². The van der Waals surface area contributed by atoms with Crippen molar-refractivity contribution >= 4 is 11.8 Å². The number of carbonyl (C=O) groups is 2. The van der Waals surface area contributed by atoms with Gasteiger partial charge in [-0.05, 0) is 49.1 Å². The van der Waals surface area contributed by atoms with Crippen LogP contribution in [0.1, 0.15) is 42.1 Å². The number of benzene rings is 2. The van der Waals surface area contributed by atoms with Gasteiger partial charge in [-0.1, -0.05) is 31.2 Å². The van der Waals surface area contributed by atoms with Crippen LogP contribution in [0, 0.1) is 5.92 Å². The van der Waals surface area contributed by atoms with Crippen LogP contribution in [0.25, 0.3) is 0 Å². The van der Waals surface area contributed by atoms with E-state index in [0.717, 1.165) is 12.0 Å². The number of hydrogen-bond acceptors (Lipinski definition) is 6. The van der Waals surface area contributed by atoms with E-state index >= 15 is 0 Å². The van der Waals surface area contributed by atoms with E-state index < -0.39 is 5.97 Å². The fourth-order valence-electron chi connectivity index (χ4n) is 4.10. The Morgan fingerprint density at radius 3 is 2.77 bits per heavy atom. The van der Waals surface area contributed by atoms with Gasteiger partial charge in [0, 0.05) is 6.42 Å². The number of hydrogen-bond donors (Lipinski definition) is 0. The number of ketones is 1. The number of fused-ring (bicyclic) bond motifs is 1. The number of carbonyl (C=O) groups excluding carboxylic acids is 2. The van der Waals surface area contributed by atoms with E-state index in [1.165, 1.54) is 6.26 Å². The average Bonchev–Trinajstić information content (AvgIpc) is 2.81. The van der Waals surface area contributed by atoms with Crippen molar-refractivity contribution in [1.29, 1.82) is 0 Å². The van der Waals surface area contributed by atoms with Gasteiger partial charge in [0.05, 0.1) is 18.6 Å². The Bertz CT molecular complexity index is 995. The molecule has 0 aromatic heterocycles. The Kier molecular flexibility index (Phi) is 6.26. The van der Waals surface area contributed by atoms with Crippen LogP contribution >= 0.6 is 0 Å². The smallest absolute Gasteiger partial charge is 0.338 e. The molecule has 31 heavy (non-hydrogen) atoms. The Morgan fingerprint density at radius 1 is 1.13 bits per heavy atom. The van der Waals surface area contributed by atoms with Crippen LogP contribution in [0.15, 0.2) is 60.6 Å². The van der Waals surface area contributed by atoms with E-state index in [2.05, 4.69) is 0 Å². The molecule has 1 heterocycles. The summed E-state index contributed by atoms with van der Waals surface area (Å²) in [6.45, 7) is 2.04. The molecule has 0 amide bonds. The molecule has 0 saturated heterocycles. The lowest BCUT2D eigenvalue weighted by Gasteiger charge is -2.36. The molecule has 2 aliphatic rings. The van der Waals surface area contributed by atoms with Crippen molar-refractivity contribution in [2.75, 3.05) is 7.11 Å². The van der Waals surface area contributed by atoms with Gasteiger partial charge in [0.1, 0.15) is 30.0 Å². The second kappa shape index (κ2) is 9.25. The predicted molar refractivity (Wildman–Crippen MR) is 114 cm³/mol. The average molecular weight is 422 g/mol. The number of para-hydroxylation sites is 1. The van der Waals surface area contributed by atoms with Gasteiger partial charge >= 0.3 is 5.97 Å². The molecule has 3 atom stereocenters. The SMILES string of the molecule is CCc1ccccc1OC1=COC2CC(OC(=O)c3cccc(OC)c3)CCC2C1=O. The summed E-state index contributed by atoms with van der Waals surface area (Å²) in [5, 5.41) is 0. The maximum atomic E-state index is 13.0. The minimum absolute atomic E-state index is 0.0558. The lowest BCUT2D eigenvalue weighted by atomic mass is 9.80. The van der Waals surface area contributed by atoms with Gasteiger partial charge in [0.25, 0.3) is 0 Å². The highest BCUT2D eigenvalue weighted by Gasteiger charge is 2.42. The molecule has 4 rings (SSSR count). The zero-order valence-electron chi connectivity index (χ0n) is 17.7. The van der Waals surface area contributed by atoms with Gasteiger partial charge in [-0.2, -0.15) is 0 Å². The molecule has 1 fully saturated rings. The van der Waals surface area contributed by atoms with Crippen molar-refractivity contribution in [2.45, 2.75) is 44.8 Å². The van der Waals surface area contributed by atoms with E-state index in [0.29, 0.717) is 36.3 Å². The number of ether oxygens (including phenoxy) is 4. The largest absolute Gasteiger partial charge is 0.497 e. The minimum atomic E-state index is -0.403. The van der Waals surface area contributed by atoms with Gasteiger partial charge < -0.3 is 18.9 Å². The second-order valence-electron chi connectivity index (χ2n) is 7.76. The van der Waals surface area contributed by atoms with Crippen molar-refractivity contribution in [2.24, 2.45) is 5.92 Å². The summed E-state index contributed by atoms with van der Waals surface area (Å²) < 4.78 is 22.6. The topological polar surface area (TPSA) is 71.1 Å². The number of rotatable bonds is 6. The van der Waals surface area contributed by atoms with Gasteiger partial charge in [-0.25, -0.2) is 4.79 Å². The molecule has 162 valence electrons. The third-order valence-electron chi connectivity index (χ3n) is 5.83. The van der Waals surface area contributed by atoms with Crippen LogP contribution in [0.4, 0.5) is 0 Å². The predicted octanol–water partition coefficient (Wildman–Crippen LogP) is 4.47. The maximum Gasteiger partial charge on any atom is 0.338 e. The maximum absolute atomic E-state index is 13.0. The molecule has 1 saturated carbocycles. The first-order valence-electron chi connectivity index (χ1n) is 10.6. The van der Waals surface area contributed by atoms with Crippen molar-refractivity contribution in [3.8, 4) is 11.5 Å². The first-order chi connectivity index (χ1) is 15.1. The van der Waals surface area contributed by atoms with Crippen LogP contribution in [0.2, 0.25) is 0 Å². The van der Waals surface area contributed by atoms with Gasteiger partial charge in [0.15, 0.2) is 0 Å². The van der Waals surface area contributed by atoms with E-state index in [9.17, 15) is 9.59 Å².